The average molecular weight is 502 g/mol. The summed E-state index contributed by atoms with van der Waals surface area (Å²) in [4.78, 5) is 10.1. The SMILES string of the molecule is COc1cccc2c1C/C(=C/CCN1CCC(N=[N+]=[N-])(c3ccc(Cl)cc3)CC1)c1cccnc1O2. The number of azide groups is 1. The molecule has 0 unspecified atom stereocenters. The molecular formula is C28H28ClN5O2. The van der Waals surface area contributed by atoms with Gasteiger partial charge in [0.25, 0.3) is 0 Å². The van der Waals surface area contributed by atoms with E-state index in [1.54, 1.807) is 13.3 Å². The fourth-order valence-corrected chi connectivity index (χ4v) is 5.28. The molecule has 7 nitrogen and oxygen atoms in total. The van der Waals surface area contributed by atoms with E-state index in [1.807, 2.05) is 48.5 Å². The predicted molar refractivity (Wildman–Crippen MR) is 142 cm³/mol. The maximum atomic E-state index is 9.25. The summed E-state index contributed by atoms with van der Waals surface area (Å²) >= 11 is 6.07. The Balaban J connectivity index is 1.30. The van der Waals surface area contributed by atoms with Crippen molar-refractivity contribution in [1.82, 2.24) is 9.88 Å². The van der Waals surface area contributed by atoms with Crippen LogP contribution in [0.25, 0.3) is 16.0 Å². The molecule has 0 aliphatic carbocycles. The molecule has 0 amide bonds. The van der Waals surface area contributed by atoms with Crippen LogP contribution in [-0.2, 0) is 12.0 Å². The van der Waals surface area contributed by atoms with Gasteiger partial charge in [0.2, 0.25) is 5.88 Å². The second-order valence-electron chi connectivity index (χ2n) is 9.16. The maximum absolute atomic E-state index is 9.25. The topological polar surface area (TPSA) is 83.4 Å². The van der Waals surface area contributed by atoms with E-state index in [9.17, 15) is 5.53 Å². The van der Waals surface area contributed by atoms with Gasteiger partial charge in [0.15, 0.2) is 0 Å². The third kappa shape index (κ3) is 4.91. The van der Waals surface area contributed by atoms with Gasteiger partial charge in [0.1, 0.15) is 11.5 Å². The number of hydrogen-bond donors (Lipinski definition) is 0. The Bertz CT molecular complexity index is 1310. The van der Waals surface area contributed by atoms with E-state index in [4.69, 9.17) is 21.1 Å². The Labute approximate surface area is 216 Å². The second kappa shape index (κ2) is 10.6. The molecule has 0 atom stereocenters. The lowest BCUT2D eigenvalue weighted by Gasteiger charge is -2.39. The zero-order valence-electron chi connectivity index (χ0n) is 20.2. The maximum Gasteiger partial charge on any atom is 0.226 e. The average Bonchev–Trinajstić information content (AvgIpc) is 3.07. The number of methoxy groups -OCH3 is 1. The monoisotopic (exact) mass is 501 g/mol. The molecule has 0 N–H and O–H groups in total. The first kappa shape index (κ1) is 24.2. The minimum atomic E-state index is -0.516. The van der Waals surface area contributed by atoms with Crippen molar-refractivity contribution in [3.63, 3.8) is 0 Å². The van der Waals surface area contributed by atoms with Crippen molar-refractivity contribution < 1.29 is 9.47 Å². The highest BCUT2D eigenvalue weighted by molar-refractivity contribution is 6.30. The molecule has 5 rings (SSSR count). The highest BCUT2D eigenvalue weighted by Gasteiger charge is 2.35. The number of fused-ring (bicyclic) bond motifs is 2. The van der Waals surface area contributed by atoms with Gasteiger partial charge >= 0.3 is 0 Å². The molecule has 0 radical (unpaired) electrons. The first-order valence-corrected chi connectivity index (χ1v) is 12.5. The van der Waals surface area contributed by atoms with E-state index in [0.29, 0.717) is 17.3 Å². The number of aromatic nitrogens is 1. The molecule has 0 spiro atoms. The Morgan fingerprint density at radius 1 is 1.17 bits per heavy atom. The number of piperidine rings is 1. The molecule has 36 heavy (non-hydrogen) atoms. The lowest BCUT2D eigenvalue weighted by atomic mass is 9.81. The molecule has 8 heteroatoms. The van der Waals surface area contributed by atoms with Crippen LogP contribution in [0.15, 0.2) is 72.0 Å². The number of rotatable bonds is 6. The molecule has 3 heterocycles. The fourth-order valence-electron chi connectivity index (χ4n) is 5.16. The zero-order chi connectivity index (χ0) is 25.0. The van der Waals surface area contributed by atoms with Crippen LogP contribution < -0.4 is 9.47 Å². The summed E-state index contributed by atoms with van der Waals surface area (Å²) in [6, 6.07) is 17.5. The van der Waals surface area contributed by atoms with Gasteiger partial charge in [0.05, 0.1) is 12.6 Å². The van der Waals surface area contributed by atoms with E-state index < -0.39 is 5.54 Å². The number of pyridine rings is 1. The normalized spacial score (nSPS) is 17.8. The summed E-state index contributed by atoms with van der Waals surface area (Å²) in [5.74, 6) is 2.22. The van der Waals surface area contributed by atoms with Gasteiger partial charge in [0, 0.05) is 40.2 Å². The van der Waals surface area contributed by atoms with Gasteiger partial charge in [-0.25, -0.2) is 4.98 Å². The van der Waals surface area contributed by atoms with Crippen molar-refractivity contribution in [3.05, 3.63) is 99.0 Å². The summed E-state index contributed by atoms with van der Waals surface area (Å²) in [5.41, 5.74) is 13.0. The molecule has 1 fully saturated rings. The summed E-state index contributed by atoms with van der Waals surface area (Å²) in [7, 11) is 1.69. The molecule has 2 aliphatic rings. The van der Waals surface area contributed by atoms with E-state index in [2.05, 4.69) is 32.1 Å². The zero-order valence-corrected chi connectivity index (χ0v) is 21.0. The highest BCUT2D eigenvalue weighted by atomic mass is 35.5. The molecule has 2 aromatic carbocycles. The van der Waals surface area contributed by atoms with E-state index in [1.165, 1.54) is 5.57 Å². The van der Waals surface area contributed by atoms with Crippen molar-refractivity contribution in [3.8, 4) is 17.4 Å². The number of hydrogen-bond acceptors (Lipinski definition) is 5. The lowest BCUT2D eigenvalue weighted by molar-refractivity contribution is 0.164. The quantitative estimate of drug-likeness (QED) is 0.203. The second-order valence-corrected chi connectivity index (χ2v) is 9.60. The van der Waals surface area contributed by atoms with Crippen molar-refractivity contribution in [2.24, 2.45) is 5.11 Å². The van der Waals surface area contributed by atoms with Gasteiger partial charge in [-0.2, -0.15) is 0 Å². The lowest BCUT2D eigenvalue weighted by Crippen LogP contribution is -2.41. The standard InChI is InChI=1S/C28H28ClN5O2/c1-35-25-7-2-8-26-24(25)19-20(23-6-3-15-31-27(23)36-26)5-4-16-34-17-13-28(14-18-34,32-33-30)21-9-11-22(29)12-10-21/h2-3,5-12,15H,4,13-14,16-19H2,1H3/b20-5-. The van der Waals surface area contributed by atoms with Crippen molar-refractivity contribution in [2.75, 3.05) is 26.7 Å². The van der Waals surface area contributed by atoms with Gasteiger partial charge in [-0.15, -0.1) is 0 Å². The summed E-state index contributed by atoms with van der Waals surface area (Å²) in [6.45, 7) is 2.65. The largest absolute Gasteiger partial charge is 0.496 e. The minimum absolute atomic E-state index is 0.516. The summed E-state index contributed by atoms with van der Waals surface area (Å²) in [5, 5.41) is 4.92. The van der Waals surface area contributed by atoms with E-state index in [0.717, 1.165) is 67.1 Å². The third-order valence-electron chi connectivity index (χ3n) is 7.14. The molecule has 2 aliphatic heterocycles. The van der Waals surface area contributed by atoms with Crippen LogP contribution >= 0.6 is 11.6 Å². The van der Waals surface area contributed by atoms with Crippen molar-refractivity contribution in [2.45, 2.75) is 31.2 Å². The summed E-state index contributed by atoms with van der Waals surface area (Å²) in [6.07, 6.45) is 7.21. The van der Waals surface area contributed by atoms with Gasteiger partial charge in [-0.3, -0.25) is 0 Å². The molecular weight excluding hydrogens is 474 g/mol. The number of likely N-dealkylation sites (tertiary alicyclic amines) is 1. The number of halogens is 1. The Morgan fingerprint density at radius 2 is 1.97 bits per heavy atom. The van der Waals surface area contributed by atoms with Crippen LogP contribution in [-0.4, -0.2) is 36.6 Å². The molecule has 184 valence electrons. The Morgan fingerprint density at radius 3 is 2.72 bits per heavy atom. The molecule has 1 aromatic heterocycles. The van der Waals surface area contributed by atoms with Crippen LogP contribution in [0.4, 0.5) is 0 Å². The van der Waals surface area contributed by atoms with Crippen molar-refractivity contribution in [1.29, 1.82) is 0 Å². The third-order valence-corrected chi connectivity index (χ3v) is 7.39. The highest BCUT2D eigenvalue weighted by Crippen LogP contribution is 2.42. The Kier molecular flexibility index (Phi) is 7.14. The van der Waals surface area contributed by atoms with Gasteiger partial charge in [-0.1, -0.05) is 41.0 Å². The number of ether oxygens (including phenoxy) is 2. The van der Waals surface area contributed by atoms with Gasteiger partial charge in [-0.05, 0) is 85.4 Å². The minimum Gasteiger partial charge on any atom is -0.496 e. The number of allylic oxidation sites excluding steroid dienone is 1. The van der Waals surface area contributed by atoms with Crippen LogP contribution in [0.3, 0.4) is 0 Å². The van der Waals surface area contributed by atoms with Crippen LogP contribution in [0, 0.1) is 0 Å². The number of nitrogens with zero attached hydrogens (tertiary/aromatic N) is 5. The molecule has 3 aromatic rings. The van der Waals surface area contributed by atoms with Crippen molar-refractivity contribution >= 4 is 17.2 Å². The molecule has 1 saturated heterocycles. The van der Waals surface area contributed by atoms with Crippen LogP contribution in [0.2, 0.25) is 5.02 Å². The van der Waals surface area contributed by atoms with E-state index >= 15 is 0 Å². The predicted octanol–water partition coefficient (Wildman–Crippen LogP) is 7.17. The van der Waals surface area contributed by atoms with Crippen LogP contribution in [0.1, 0.15) is 36.0 Å². The number of benzene rings is 2. The Hall–Kier alpha value is -3.51. The van der Waals surface area contributed by atoms with E-state index in [-0.39, 0.29) is 0 Å². The first-order chi connectivity index (χ1) is 17.6. The fraction of sp³-hybridized carbons (Fsp3) is 0.321. The first-order valence-electron chi connectivity index (χ1n) is 12.1. The molecule has 0 bridgehead atoms. The van der Waals surface area contributed by atoms with Crippen LogP contribution in [0.5, 0.6) is 17.4 Å². The smallest absolute Gasteiger partial charge is 0.226 e. The summed E-state index contributed by atoms with van der Waals surface area (Å²) < 4.78 is 11.8. The molecule has 0 saturated carbocycles. The van der Waals surface area contributed by atoms with Gasteiger partial charge < -0.3 is 14.4 Å².